The SMILES string of the molecule is Cc1cnc(C)n2nc([C@H]3C[C@@H]3c3nc4c5cccnc5ccn4c3C)nc12. The zero-order chi connectivity index (χ0) is 19.0. The fraction of sp³-hybridized carbons (Fsp3) is 0.286. The molecule has 1 aliphatic carbocycles. The number of pyridine rings is 2. The molecule has 5 aromatic heterocycles. The Bertz CT molecular complexity index is 1360. The first-order valence-corrected chi connectivity index (χ1v) is 9.53. The van der Waals surface area contributed by atoms with Crippen molar-refractivity contribution < 1.29 is 0 Å². The van der Waals surface area contributed by atoms with E-state index < -0.39 is 0 Å². The van der Waals surface area contributed by atoms with E-state index in [0.29, 0.717) is 11.8 Å². The minimum absolute atomic E-state index is 0.312. The van der Waals surface area contributed by atoms with Crippen LogP contribution in [0.15, 0.2) is 36.8 Å². The normalized spacial score (nSPS) is 19.1. The molecule has 6 rings (SSSR count). The summed E-state index contributed by atoms with van der Waals surface area (Å²) in [4.78, 5) is 18.7. The first-order chi connectivity index (χ1) is 13.6. The Morgan fingerprint density at radius 2 is 1.89 bits per heavy atom. The van der Waals surface area contributed by atoms with E-state index >= 15 is 0 Å². The van der Waals surface area contributed by atoms with Crippen LogP contribution in [0, 0.1) is 20.8 Å². The Morgan fingerprint density at radius 1 is 1.00 bits per heavy atom. The highest BCUT2D eigenvalue weighted by Crippen LogP contribution is 2.54. The molecule has 5 heterocycles. The van der Waals surface area contributed by atoms with Crippen LogP contribution in [0.3, 0.4) is 0 Å². The van der Waals surface area contributed by atoms with Crippen LogP contribution in [0.2, 0.25) is 0 Å². The third-order valence-corrected chi connectivity index (χ3v) is 5.85. The number of fused-ring (bicyclic) bond motifs is 4. The summed E-state index contributed by atoms with van der Waals surface area (Å²) in [6.45, 7) is 6.12. The van der Waals surface area contributed by atoms with E-state index in [1.54, 1.807) is 0 Å². The Labute approximate surface area is 161 Å². The van der Waals surface area contributed by atoms with Crippen LogP contribution >= 0.6 is 0 Å². The molecular weight excluding hydrogens is 350 g/mol. The van der Waals surface area contributed by atoms with Crippen LogP contribution in [0.4, 0.5) is 0 Å². The van der Waals surface area contributed by atoms with E-state index in [9.17, 15) is 0 Å². The van der Waals surface area contributed by atoms with Crippen molar-refractivity contribution in [3.63, 3.8) is 0 Å². The Balaban J connectivity index is 1.44. The van der Waals surface area contributed by atoms with E-state index in [0.717, 1.165) is 51.5 Å². The zero-order valence-electron chi connectivity index (χ0n) is 16.0. The minimum atomic E-state index is 0.312. The number of aromatic nitrogens is 7. The summed E-state index contributed by atoms with van der Waals surface area (Å²) in [6, 6.07) is 6.10. The van der Waals surface area contributed by atoms with Gasteiger partial charge in [-0.15, -0.1) is 5.10 Å². The number of aryl methyl sites for hydroxylation is 3. The topological polar surface area (TPSA) is 73.3 Å². The lowest BCUT2D eigenvalue weighted by atomic mass is 10.2. The Morgan fingerprint density at radius 3 is 2.75 bits per heavy atom. The Kier molecular flexibility index (Phi) is 2.99. The third-order valence-electron chi connectivity index (χ3n) is 5.85. The molecule has 1 aliphatic rings. The number of hydrogen-bond acceptors (Lipinski definition) is 5. The van der Waals surface area contributed by atoms with Gasteiger partial charge >= 0.3 is 0 Å². The quantitative estimate of drug-likeness (QED) is 0.476. The van der Waals surface area contributed by atoms with Crippen molar-refractivity contribution in [1.29, 1.82) is 0 Å². The molecule has 7 nitrogen and oxygen atoms in total. The van der Waals surface area contributed by atoms with Crippen LogP contribution in [-0.4, -0.2) is 34.0 Å². The maximum absolute atomic E-state index is 5.02. The van der Waals surface area contributed by atoms with Gasteiger partial charge in [0.25, 0.3) is 0 Å². The minimum Gasteiger partial charge on any atom is -0.303 e. The highest BCUT2D eigenvalue weighted by atomic mass is 15.3. The highest BCUT2D eigenvalue weighted by molar-refractivity contribution is 5.91. The van der Waals surface area contributed by atoms with E-state index in [-0.39, 0.29) is 0 Å². The van der Waals surface area contributed by atoms with Crippen molar-refractivity contribution in [2.75, 3.05) is 0 Å². The molecule has 0 spiro atoms. The molecule has 1 fully saturated rings. The highest BCUT2D eigenvalue weighted by Gasteiger charge is 2.45. The summed E-state index contributed by atoms with van der Waals surface area (Å²) < 4.78 is 4.03. The van der Waals surface area contributed by atoms with Crippen molar-refractivity contribution in [2.24, 2.45) is 0 Å². The summed E-state index contributed by atoms with van der Waals surface area (Å²) in [5, 5.41) is 5.83. The van der Waals surface area contributed by atoms with Gasteiger partial charge in [0.15, 0.2) is 11.5 Å². The van der Waals surface area contributed by atoms with E-state index in [2.05, 4.69) is 33.6 Å². The predicted molar refractivity (Wildman–Crippen MR) is 106 cm³/mol. The molecule has 0 aromatic carbocycles. The molecule has 5 aromatic rings. The van der Waals surface area contributed by atoms with Crippen LogP contribution < -0.4 is 0 Å². The van der Waals surface area contributed by atoms with Crippen LogP contribution in [-0.2, 0) is 0 Å². The largest absolute Gasteiger partial charge is 0.303 e. The molecule has 138 valence electrons. The number of imidazole rings is 1. The molecule has 0 N–H and O–H groups in total. The van der Waals surface area contributed by atoms with E-state index in [1.807, 2.05) is 42.9 Å². The molecule has 0 saturated heterocycles. The van der Waals surface area contributed by atoms with Gasteiger partial charge < -0.3 is 4.40 Å². The van der Waals surface area contributed by atoms with Gasteiger partial charge in [0, 0.05) is 47.1 Å². The van der Waals surface area contributed by atoms with Crippen molar-refractivity contribution in [3.05, 3.63) is 65.4 Å². The monoisotopic (exact) mass is 369 g/mol. The molecule has 0 bridgehead atoms. The summed E-state index contributed by atoms with van der Waals surface area (Å²) in [7, 11) is 0. The second-order valence-electron chi connectivity index (χ2n) is 7.67. The van der Waals surface area contributed by atoms with Crippen molar-refractivity contribution in [2.45, 2.75) is 39.0 Å². The standard InChI is InChI=1S/C21H19N7/c1-11-10-23-13(3)28-20(11)25-19(26-28)16-9-15(16)18-12(2)27-8-6-17-14(21(27)24-18)5-4-7-22-17/h4-8,10,15-16H,9H2,1-3H3/t15-,16-/m0/s1. The smallest absolute Gasteiger partial charge is 0.162 e. The van der Waals surface area contributed by atoms with Gasteiger partial charge in [-0.1, -0.05) is 0 Å². The first kappa shape index (κ1) is 15.7. The molecule has 1 saturated carbocycles. The van der Waals surface area contributed by atoms with Gasteiger partial charge in [-0.2, -0.15) is 4.52 Å². The number of nitrogens with zero attached hydrogens (tertiary/aromatic N) is 7. The van der Waals surface area contributed by atoms with Gasteiger partial charge in [-0.25, -0.2) is 15.0 Å². The number of rotatable bonds is 2. The molecule has 2 atom stereocenters. The first-order valence-electron chi connectivity index (χ1n) is 9.53. The Hall–Kier alpha value is -3.35. The molecule has 0 amide bonds. The lowest BCUT2D eigenvalue weighted by Gasteiger charge is -2.00. The summed E-state index contributed by atoms with van der Waals surface area (Å²) >= 11 is 0. The van der Waals surface area contributed by atoms with Gasteiger partial charge in [0.05, 0.1) is 11.2 Å². The fourth-order valence-corrected chi connectivity index (χ4v) is 4.19. The van der Waals surface area contributed by atoms with Crippen LogP contribution in [0.25, 0.3) is 22.2 Å². The molecule has 0 aliphatic heterocycles. The lowest BCUT2D eigenvalue weighted by molar-refractivity contribution is 0.810. The van der Waals surface area contributed by atoms with Crippen LogP contribution in [0.5, 0.6) is 0 Å². The van der Waals surface area contributed by atoms with Crippen molar-refractivity contribution >= 4 is 22.2 Å². The molecule has 0 radical (unpaired) electrons. The second-order valence-corrected chi connectivity index (χ2v) is 7.67. The summed E-state index contributed by atoms with van der Waals surface area (Å²) in [6.07, 6.45) is 6.78. The average molecular weight is 369 g/mol. The molecule has 0 unspecified atom stereocenters. The fourth-order valence-electron chi connectivity index (χ4n) is 4.19. The summed E-state index contributed by atoms with van der Waals surface area (Å²) in [5.41, 5.74) is 6.22. The molecule has 7 heteroatoms. The third kappa shape index (κ3) is 2.07. The average Bonchev–Trinajstić information content (AvgIpc) is 3.23. The number of hydrogen-bond donors (Lipinski definition) is 0. The lowest BCUT2D eigenvalue weighted by Crippen LogP contribution is -1.98. The molecular formula is C21H19N7. The van der Waals surface area contributed by atoms with E-state index in [4.69, 9.17) is 15.1 Å². The molecule has 28 heavy (non-hydrogen) atoms. The maximum Gasteiger partial charge on any atom is 0.162 e. The van der Waals surface area contributed by atoms with E-state index in [1.165, 1.54) is 5.69 Å². The predicted octanol–water partition coefficient (Wildman–Crippen LogP) is 3.52. The maximum atomic E-state index is 5.02. The van der Waals surface area contributed by atoms with Crippen LogP contribution in [0.1, 0.15) is 46.9 Å². The van der Waals surface area contributed by atoms with Gasteiger partial charge in [-0.05, 0) is 45.4 Å². The van der Waals surface area contributed by atoms with Crippen molar-refractivity contribution in [3.8, 4) is 0 Å². The van der Waals surface area contributed by atoms with Gasteiger partial charge in [0.1, 0.15) is 11.5 Å². The van der Waals surface area contributed by atoms with Gasteiger partial charge in [-0.3, -0.25) is 4.98 Å². The van der Waals surface area contributed by atoms with Gasteiger partial charge in [0.2, 0.25) is 0 Å². The second kappa shape index (κ2) is 5.34. The summed E-state index contributed by atoms with van der Waals surface area (Å²) in [5.74, 6) is 2.43. The zero-order valence-corrected chi connectivity index (χ0v) is 16.0. The van der Waals surface area contributed by atoms with Crippen molar-refractivity contribution in [1.82, 2.24) is 34.0 Å².